The van der Waals surface area contributed by atoms with Gasteiger partial charge in [-0.3, -0.25) is 4.79 Å². The topological polar surface area (TPSA) is 63.8 Å². The highest BCUT2D eigenvalue weighted by atomic mass is 16.1. The highest BCUT2D eigenvalue weighted by molar-refractivity contribution is 6.09. The number of aryl methyl sites for hydroxylation is 2. The summed E-state index contributed by atoms with van der Waals surface area (Å²) in [6.07, 6.45) is 5.94. The number of pyridine rings is 1. The van der Waals surface area contributed by atoms with E-state index in [0.29, 0.717) is 6.54 Å². The molecule has 3 rings (SSSR count). The van der Waals surface area contributed by atoms with Crippen LogP contribution in [0.15, 0.2) is 35.4 Å². The van der Waals surface area contributed by atoms with Crippen LogP contribution in [0, 0.1) is 6.92 Å². The van der Waals surface area contributed by atoms with Crippen LogP contribution in [-0.4, -0.2) is 16.1 Å². The second-order valence-corrected chi connectivity index (χ2v) is 5.22. The average Bonchev–Trinajstić information content (AvgIpc) is 2.73. The molecule has 104 valence electrons. The van der Waals surface area contributed by atoms with E-state index in [-0.39, 0.29) is 5.43 Å². The first-order chi connectivity index (χ1) is 9.72. The number of H-pyrrole nitrogens is 1. The standard InChI is InChI=1S/C16H19N3O/c1-11-8-12(20)9-14-16(11)13-4-6-18-10-15(13)19(14)7-3-2-5-17/h4,6,8-10,18H,2-3,5,7,17H2,1H3. The van der Waals surface area contributed by atoms with Crippen LogP contribution in [-0.2, 0) is 6.54 Å². The first-order valence-electron chi connectivity index (χ1n) is 7.02. The Balaban J connectivity index is 2.30. The molecule has 0 aliphatic heterocycles. The van der Waals surface area contributed by atoms with Crippen LogP contribution >= 0.6 is 0 Å². The lowest BCUT2D eigenvalue weighted by atomic mass is 10.1. The fourth-order valence-corrected chi connectivity index (χ4v) is 2.94. The molecule has 0 saturated heterocycles. The average molecular weight is 269 g/mol. The molecule has 0 radical (unpaired) electrons. The summed E-state index contributed by atoms with van der Waals surface area (Å²) in [6.45, 7) is 3.59. The van der Waals surface area contributed by atoms with Crippen LogP contribution < -0.4 is 11.2 Å². The molecule has 4 heteroatoms. The van der Waals surface area contributed by atoms with E-state index in [1.54, 1.807) is 12.1 Å². The number of aromatic amines is 1. The molecule has 0 atom stereocenters. The molecule has 20 heavy (non-hydrogen) atoms. The van der Waals surface area contributed by atoms with E-state index in [9.17, 15) is 4.79 Å². The molecular weight excluding hydrogens is 250 g/mol. The lowest BCUT2D eigenvalue weighted by molar-refractivity contribution is 0.642. The van der Waals surface area contributed by atoms with Crippen molar-refractivity contribution in [2.75, 3.05) is 6.54 Å². The van der Waals surface area contributed by atoms with Gasteiger partial charge in [-0.1, -0.05) is 0 Å². The molecular formula is C16H19N3O. The fourth-order valence-electron chi connectivity index (χ4n) is 2.94. The lowest BCUT2D eigenvalue weighted by Crippen LogP contribution is -2.05. The molecule has 0 unspecified atom stereocenters. The van der Waals surface area contributed by atoms with Crippen molar-refractivity contribution in [1.82, 2.24) is 9.55 Å². The van der Waals surface area contributed by atoms with Crippen LogP contribution in [0.1, 0.15) is 18.4 Å². The predicted octanol–water partition coefficient (Wildman–Crippen LogP) is 2.53. The minimum Gasteiger partial charge on any atom is -0.366 e. The van der Waals surface area contributed by atoms with Gasteiger partial charge in [-0.15, -0.1) is 0 Å². The van der Waals surface area contributed by atoms with E-state index in [4.69, 9.17) is 5.73 Å². The van der Waals surface area contributed by atoms with E-state index in [0.717, 1.165) is 36.0 Å². The maximum atomic E-state index is 11.8. The molecule has 1 aromatic carbocycles. The number of unbranched alkanes of at least 4 members (excludes halogenated alkanes) is 1. The normalized spacial score (nSPS) is 11.5. The number of hydrogen-bond acceptors (Lipinski definition) is 2. The molecule has 0 aliphatic rings. The molecule has 2 aromatic heterocycles. The van der Waals surface area contributed by atoms with Crippen molar-refractivity contribution >= 4 is 21.8 Å². The summed E-state index contributed by atoms with van der Waals surface area (Å²) >= 11 is 0. The molecule has 3 N–H and O–H groups in total. The van der Waals surface area contributed by atoms with Crippen molar-refractivity contribution in [3.63, 3.8) is 0 Å². The highest BCUT2D eigenvalue weighted by Gasteiger charge is 2.12. The number of hydrogen-bond donors (Lipinski definition) is 2. The third kappa shape index (κ3) is 2.02. The van der Waals surface area contributed by atoms with E-state index >= 15 is 0 Å². The van der Waals surface area contributed by atoms with Gasteiger partial charge in [-0.05, 0) is 44.0 Å². The Morgan fingerprint density at radius 2 is 2.10 bits per heavy atom. The van der Waals surface area contributed by atoms with E-state index in [1.807, 2.05) is 19.3 Å². The van der Waals surface area contributed by atoms with E-state index in [2.05, 4.69) is 15.6 Å². The summed E-state index contributed by atoms with van der Waals surface area (Å²) in [5.74, 6) is 0. The van der Waals surface area contributed by atoms with Crippen molar-refractivity contribution < 1.29 is 0 Å². The summed E-state index contributed by atoms with van der Waals surface area (Å²) in [4.78, 5) is 15.0. The van der Waals surface area contributed by atoms with Crippen LogP contribution in [0.25, 0.3) is 21.8 Å². The van der Waals surface area contributed by atoms with Crippen LogP contribution in [0.2, 0.25) is 0 Å². The summed E-state index contributed by atoms with van der Waals surface area (Å²) in [6, 6.07) is 5.53. The van der Waals surface area contributed by atoms with Gasteiger partial charge in [0.2, 0.25) is 0 Å². The van der Waals surface area contributed by atoms with E-state index in [1.165, 1.54) is 10.8 Å². The summed E-state index contributed by atoms with van der Waals surface area (Å²) in [7, 11) is 0. The Hall–Kier alpha value is -2.07. The van der Waals surface area contributed by atoms with Crippen molar-refractivity contribution in [1.29, 1.82) is 0 Å². The maximum Gasteiger partial charge on any atom is 0.181 e. The molecule has 4 nitrogen and oxygen atoms in total. The molecule has 0 fully saturated rings. The Morgan fingerprint density at radius 3 is 2.90 bits per heavy atom. The fraction of sp³-hybridized carbons (Fsp3) is 0.312. The third-order valence-corrected chi connectivity index (χ3v) is 3.82. The Bertz CT molecular complexity index is 814. The predicted molar refractivity (Wildman–Crippen MR) is 83.1 cm³/mol. The molecule has 0 bridgehead atoms. The van der Waals surface area contributed by atoms with Crippen molar-refractivity contribution in [3.05, 3.63) is 46.4 Å². The second-order valence-electron chi connectivity index (χ2n) is 5.22. The van der Waals surface area contributed by atoms with Gasteiger partial charge in [0.1, 0.15) is 0 Å². The number of fused-ring (bicyclic) bond motifs is 3. The Labute approximate surface area is 117 Å². The highest BCUT2D eigenvalue weighted by Crippen LogP contribution is 2.29. The number of nitrogens with two attached hydrogens (primary N) is 1. The zero-order valence-electron chi connectivity index (χ0n) is 11.6. The SMILES string of the molecule is Cc1cc(=O)cc2c1c1cc[nH]cc1n2CCCCN. The van der Waals surface area contributed by atoms with Crippen molar-refractivity contribution in [2.45, 2.75) is 26.3 Å². The van der Waals surface area contributed by atoms with Crippen LogP contribution in [0.3, 0.4) is 0 Å². The van der Waals surface area contributed by atoms with Gasteiger partial charge in [-0.2, -0.15) is 0 Å². The number of rotatable bonds is 4. The summed E-state index contributed by atoms with van der Waals surface area (Å²) in [5.41, 5.74) is 8.87. The third-order valence-electron chi connectivity index (χ3n) is 3.82. The molecule has 3 aromatic rings. The quantitative estimate of drug-likeness (QED) is 0.715. The van der Waals surface area contributed by atoms with Crippen molar-refractivity contribution in [2.24, 2.45) is 5.73 Å². The van der Waals surface area contributed by atoms with Gasteiger partial charge in [0.15, 0.2) is 5.43 Å². The second kappa shape index (κ2) is 5.13. The summed E-state index contributed by atoms with van der Waals surface area (Å²) in [5, 5.41) is 2.38. The number of nitrogens with zero attached hydrogens (tertiary/aromatic N) is 1. The van der Waals surface area contributed by atoms with Gasteiger partial charge in [-0.25, -0.2) is 0 Å². The van der Waals surface area contributed by atoms with Crippen LogP contribution in [0.4, 0.5) is 0 Å². The van der Waals surface area contributed by atoms with E-state index < -0.39 is 0 Å². The zero-order valence-corrected chi connectivity index (χ0v) is 11.6. The van der Waals surface area contributed by atoms with Crippen molar-refractivity contribution in [3.8, 4) is 0 Å². The van der Waals surface area contributed by atoms with Gasteiger partial charge < -0.3 is 15.3 Å². The minimum atomic E-state index is 0.0712. The minimum absolute atomic E-state index is 0.0712. The first-order valence-corrected chi connectivity index (χ1v) is 7.02. The first kappa shape index (κ1) is 12.9. The largest absolute Gasteiger partial charge is 0.366 e. The molecule has 0 spiro atoms. The molecule has 0 aliphatic carbocycles. The molecule has 0 amide bonds. The number of aromatic nitrogens is 2. The smallest absolute Gasteiger partial charge is 0.181 e. The lowest BCUT2D eigenvalue weighted by Gasteiger charge is -2.06. The van der Waals surface area contributed by atoms with Crippen LogP contribution in [0.5, 0.6) is 0 Å². The van der Waals surface area contributed by atoms with Gasteiger partial charge in [0.25, 0.3) is 0 Å². The van der Waals surface area contributed by atoms with Gasteiger partial charge >= 0.3 is 0 Å². The monoisotopic (exact) mass is 269 g/mol. The molecule has 2 heterocycles. The van der Waals surface area contributed by atoms with Gasteiger partial charge in [0.05, 0.1) is 11.0 Å². The Morgan fingerprint density at radius 1 is 1.25 bits per heavy atom. The maximum absolute atomic E-state index is 11.8. The molecule has 0 saturated carbocycles. The van der Waals surface area contributed by atoms with Gasteiger partial charge in [0, 0.05) is 35.8 Å². The number of nitrogens with one attached hydrogen (secondary N) is 1. The summed E-state index contributed by atoms with van der Waals surface area (Å²) < 4.78 is 2.23. The number of benzene rings is 1. The zero-order chi connectivity index (χ0) is 14.1. The Kier molecular flexibility index (Phi) is 3.32.